The van der Waals surface area contributed by atoms with E-state index in [-0.39, 0.29) is 25.7 Å². The fourth-order valence-electron chi connectivity index (χ4n) is 1.39. The molecule has 0 bridgehead atoms. The molecule has 2 aromatic rings. The maximum atomic E-state index is 12.2. The van der Waals surface area contributed by atoms with E-state index in [1.165, 1.54) is 30.6 Å². The summed E-state index contributed by atoms with van der Waals surface area (Å²) >= 11 is 17.6. The van der Waals surface area contributed by atoms with Crippen molar-refractivity contribution in [3.05, 3.63) is 51.7 Å². The molecule has 19 heavy (non-hydrogen) atoms. The number of anilines is 1. The molecule has 2 rings (SSSR count). The fourth-order valence-corrected chi connectivity index (χ4v) is 3.81. The van der Waals surface area contributed by atoms with Gasteiger partial charge in [-0.3, -0.25) is 9.71 Å². The molecule has 0 spiro atoms. The van der Waals surface area contributed by atoms with Gasteiger partial charge in [-0.2, -0.15) is 0 Å². The number of benzene rings is 1. The molecule has 0 aliphatic heterocycles. The van der Waals surface area contributed by atoms with Gasteiger partial charge in [0.05, 0.1) is 27.0 Å². The van der Waals surface area contributed by atoms with Crippen molar-refractivity contribution in [3.8, 4) is 0 Å². The standard InChI is InChI=1S/C11H7Cl3N2O2S/c12-7-4-5-15-6-10(7)16-19(17,18)11-8(13)2-1-3-9(11)14/h1-6,16H. The lowest BCUT2D eigenvalue weighted by Crippen LogP contribution is -2.14. The summed E-state index contributed by atoms with van der Waals surface area (Å²) in [5.41, 5.74) is 0.153. The minimum absolute atomic E-state index is 0.0278. The summed E-state index contributed by atoms with van der Waals surface area (Å²) in [4.78, 5) is 3.59. The van der Waals surface area contributed by atoms with Crippen molar-refractivity contribution in [1.82, 2.24) is 4.98 Å². The third-order valence-electron chi connectivity index (χ3n) is 2.20. The van der Waals surface area contributed by atoms with Crippen LogP contribution in [0.3, 0.4) is 0 Å². The number of hydrogen-bond donors (Lipinski definition) is 1. The van der Waals surface area contributed by atoms with Gasteiger partial charge in [-0.05, 0) is 18.2 Å². The average Bonchev–Trinajstić information content (AvgIpc) is 2.31. The van der Waals surface area contributed by atoms with Crippen LogP contribution in [0.2, 0.25) is 15.1 Å². The fraction of sp³-hybridized carbons (Fsp3) is 0. The molecule has 0 atom stereocenters. The third kappa shape index (κ3) is 3.12. The van der Waals surface area contributed by atoms with Gasteiger partial charge in [0.1, 0.15) is 4.90 Å². The number of sulfonamides is 1. The molecule has 0 fully saturated rings. The molecule has 100 valence electrons. The van der Waals surface area contributed by atoms with Crippen LogP contribution in [0.15, 0.2) is 41.6 Å². The Morgan fingerprint density at radius 3 is 2.21 bits per heavy atom. The van der Waals surface area contributed by atoms with Crippen LogP contribution in [0.4, 0.5) is 5.69 Å². The van der Waals surface area contributed by atoms with Crippen molar-refractivity contribution in [3.63, 3.8) is 0 Å². The van der Waals surface area contributed by atoms with Gasteiger partial charge in [0, 0.05) is 6.20 Å². The highest BCUT2D eigenvalue weighted by Crippen LogP contribution is 2.31. The van der Waals surface area contributed by atoms with Gasteiger partial charge >= 0.3 is 0 Å². The van der Waals surface area contributed by atoms with Crippen molar-refractivity contribution in [1.29, 1.82) is 0 Å². The maximum absolute atomic E-state index is 12.2. The SMILES string of the molecule is O=S(=O)(Nc1cnccc1Cl)c1c(Cl)cccc1Cl. The van der Waals surface area contributed by atoms with E-state index in [2.05, 4.69) is 9.71 Å². The second-order valence-electron chi connectivity index (χ2n) is 3.51. The molecule has 0 saturated carbocycles. The number of hydrogen-bond acceptors (Lipinski definition) is 3. The average molecular weight is 338 g/mol. The van der Waals surface area contributed by atoms with Crippen LogP contribution in [0.25, 0.3) is 0 Å². The van der Waals surface area contributed by atoms with Gasteiger partial charge in [0.25, 0.3) is 10.0 Å². The number of nitrogens with zero attached hydrogens (tertiary/aromatic N) is 1. The molecule has 0 saturated heterocycles. The van der Waals surface area contributed by atoms with Crippen molar-refractivity contribution < 1.29 is 8.42 Å². The third-order valence-corrected chi connectivity index (χ3v) is 4.85. The Labute approximate surface area is 125 Å². The van der Waals surface area contributed by atoms with Crippen molar-refractivity contribution in [2.45, 2.75) is 4.90 Å². The zero-order chi connectivity index (χ0) is 14.0. The van der Waals surface area contributed by atoms with Gasteiger partial charge in [-0.15, -0.1) is 0 Å². The number of aromatic nitrogens is 1. The molecule has 1 aromatic carbocycles. The van der Waals surface area contributed by atoms with Crippen LogP contribution in [-0.4, -0.2) is 13.4 Å². The molecule has 1 aromatic heterocycles. The molecule has 0 unspecified atom stereocenters. The second-order valence-corrected chi connectivity index (χ2v) is 6.35. The minimum Gasteiger partial charge on any atom is -0.276 e. The highest BCUT2D eigenvalue weighted by atomic mass is 35.5. The molecular formula is C11H7Cl3N2O2S. The summed E-state index contributed by atoms with van der Waals surface area (Å²) in [7, 11) is -3.94. The van der Waals surface area contributed by atoms with E-state index in [9.17, 15) is 8.42 Å². The first-order valence-corrected chi connectivity index (χ1v) is 7.60. The second kappa shape index (κ2) is 5.54. The predicted octanol–water partition coefficient (Wildman–Crippen LogP) is 3.84. The van der Waals surface area contributed by atoms with E-state index < -0.39 is 10.0 Å². The first-order valence-electron chi connectivity index (χ1n) is 4.98. The number of rotatable bonds is 3. The molecule has 0 aliphatic carbocycles. The summed E-state index contributed by atoms with van der Waals surface area (Å²) in [5.74, 6) is 0. The Hall–Kier alpha value is -1.01. The Kier molecular flexibility index (Phi) is 4.20. The summed E-state index contributed by atoms with van der Waals surface area (Å²) in [6, 6.07) is 5.90. The monoisotopic (exact) mass is 336 g/mol. The van der Waals surface area contributed by atoms with Crippen molar-refractivity contribution in [2.75, 3.05) is 4.72 Å². The molecule has 0 amide bonds. The zero-order valence-electron chi connectivity index (χ0n) is 9.27. The molecule has 1 heterocycles. The van der Waals surface area contributed by atoms with E-state index in [1.807, 2.05) is 0 Å². The van der Waals surface area contributed by atoms with Crippen LogP contribution >= 0.6 is 34.8 Å². The highest BCUT2D eigenvalue weighted by molar-refractivity contribution is 7.93. The van der Waals surface area contributed by atoms with Crippen molar-refractivity contribution >= 4 is 50.5 Å². The lowest BCUT2D eigenvalue weighted by molar-refractivity contribution is 0.601. The number of pyridine rings is 1. The quantitative estimate of drug-likeness (QED) is 0.925. The summed E-state index contributed by atoms with van der Waals surface area (Å²) in [6.45, 7) is 0. The maximum Gasteiger partial charge on any atom is 0.264 e. The van der Waals surface area contributed by atoms with E-state index in [1.54, 1.807) is 6.07 Å². The van der Waals surface area contributed by atoms with E-state index in [4.69, 9.17) is 34.8 Å². The Morgan fingerprint density at radius 2 is 1.63 bits per heavy atom. The van der Waals surface area contributed by atoms with Crippen LogP contribution in [0.5, 0.6) is 0 Å². The summed E-state index contributed by atoms with van der Waals surface area (Å²) in [6.07, 6.45) is 2.74. The number of nitrogens with one attached hydrogen (secondary N) is 1. The molecule has 0 radical (unpaired) electrons. The Bertz CT molecular complexity index is 699. The molecule has 8 heteroatoms. The van der Waals surface area contributed by atoms with E-state index >= 15 is 0 Å². The van der Waals surface area contributed by atoms with Gasteiger partial charge in [-0.1, -0.05) is 40.9 Å². The smallest absolute Gasteiger partial charge is 0.264 e. The topological polar surface area (TPSA) is 59.1 Å². The van der Waals surface area contributed by atoms with E-state index in [0.717, 1.165) is 0 Å². The van der Waals surface area contributed by atoms with Gasteiger partial charge in [0.15, 0.2) is 0 Å². The van der Waals surface area contributed by atoms with Gasteiger partial charge < -0.3 is 0 Å². The predicted molar refractivity (Wildman–Crippen MR) is 76.5 cm³/mol. The lowest BCUT2D eigenvalue weighted by Gasteiger charge is -2.11. The molecular weight excluding hydrogens is 331 g/mol. The molecule has 0 aliphatic rings. The minimum atomic E-state index is -3.94. The largest absolute Gasteiger partial charge is 0.276 e. The zero-order valence-corrected chi connectivity index (χ0v) is 12.4. The summed E-state index contributed by atoms with van der Waals surface area (Å²) < 4.78 is 26.8. The van der Waals surface area contributed by atoms with Crippen molar-refractivity contribution in [2.24, 2.45) is 0 Å². The lowest BCUT2D eigenvalue weighted by atomic mass is 10.4. The first-order chi connectivity index (χ1) is 8.92. The van der Waals surface area contributed by atoms with Gasteiger partial charge in [0.2, 0.25) is 0 Å². The van der Waals surface area contributed by atoms with Crippen LogP contribution < -0.4 is 4.72 Å². The summed E-state index contributed by atoms with van der Waals surface area (Å²) in [5, 5.41) is 0.279. The molecule has 4 nitrogen and oxygen atoms in total. The number of halogens is 3. The van der Waals surface area contributed by atoms with E-state index in [0.29, 0.717) is 0 Å². The highest BCUT2D eigenvalue weighted by Gasteiger charge is 2.22. The molecule has 1 N–H and O–H groups in total. The van der Waals surface area contributed by atoms with Gasteiger partial charge in [-0.25, -0.2) is 8.42 Å². The normalized spacial score (nSPS) is 11.3. The van der Waals surface area contributed by atoms with Crippen LogP contribution in [0, 0.1) is 0 Å². The Morgan fingerprint density at radius 1 is 1.00 bits per heavy atom. The van der Waals surface area contributed by atoms with Crippen LogP contribution in [0.1, 0.15) is 0 Å². The first kappa shape index (κ1) is 14.4. The Balaban J connectivity index is 2.47. The van der Waals surface area contributed by atoms with Crippen LogP contribution in [-0.2, 0) is 10.0 Å².